The Labute approximate surface area is 319 Å². The quantitative estimate of drug-likeness (QED) is 0.0219. The number of carbonyl (C=O) groups excluding carboxylic acids is 2. The van der Waals surface area contributed by atoms with Crippen LogP contribution in [0.5, 0.6) is 0 Å². The van der Waals surface area contributed by atoms with Gasteiger partial charge in [-0.3, -0.25) is 18.6 Å². The summed E-state index contributed by atoms with van der Waals surface area (Å²) in [5.74, 6) is -0.817. The minimum absolute atomic E-state index is 0.0284. The van der Waals surface area contributed by atoms with E-state index in [-0.39, 0.29) is 32.0 Å². The molecule has 10 heteroatoms. The largest absolute Gasteiger partial charge is 0.472 e. The fraction of sp³-hybridized carbons (Fsp3) is 0.810. The second kappa shape index (κ2) is 35.0. The smallest absolute Gasteiger partial charge is 0.462 e. The van der Waals surface area contributed by atoms with Gasteiger partial charge in [-0.15, -0.1) is 0 Å². The van der Waals surface area contributed by atoms with Gasteiger partial charge in [-0.05, 0) is 44.9 Å². The average Bonchev–Trinajstić information content (AvgIpc) is 3.09. The first kappa shape index (κ1) is 50.2. The van der Waals surface area contributed by atoms with Gasteiger partial charge in [-0.2, -0.15) is 0 Å². The molecule has 0 bridgehead atoms. The fourth-order valence-corrected chi connectivity index (χ4v) is 6.18. The Morgan fingerprint density at radius 1 is 0.615 bits per heavy atom. The summed E-state index contributed by atoms with van der Waals surface area (Å²) >= 11 is 0. The Bertz CT molecular complexity index is 991. The molecular formula is C42H79NO8P+. The molecule has 0 aromatic heterocycles. The fourth-order valence-electron chi connectivity index (χ4n) is 5.44. The molecule has 0 aromatic carbocycles. The molecule has 0 aliphatic rings. The van der Waals surface area contributed by atoms with E-state index in [9.17, 15) is 19.0 Å². The molecule has 0 aromatic rings. The van der Waals surface area contributed by atoms with Gasteiger partial charge in [-0.1, -0.05) is 147 Å². The van der Waals surface area contributed by atoms with E-state index < -0.39 is 26.5 Å². The Balaban J connectivity index is 4.42. The van der Waals surface area contributed by atoms with Gasteiger partial charge >= 0.3 is 19.8 Å². The number of unbranched alkanes of at least 4 members (excludes halogenated alkanes) is 17. The lowest BCUT2D eigenvalue weighted by molar-refractivity contribution is -0.870. The van der Waals surface area contributed by atoms with Crippen LogP contribution < -0.4 is 0 Å². The first-order chi connectivity index (χ1) is 25.0. The molecule has 2 atom stereocenters. The molecule has 0 heterocycles. The second-order valence-corrected chi connectivity index (χ2v) is 16.5. The number of ether oxygens (including phenoxy) is 2. The first-order valence-corrected chi connectivity index (χ1v) is 22.2. The molecule has 1 N–H and O–H groups in total. The van der Waals surface area contributed by atoms with Crippen molar-refractivity contribution >= 4 is 19.8 Å². The van der Waals surface area contributed by atoms with E-state index in [4.69, 9.17) is 18.5 Å². The van der Waals surface area contributed by atoms with Crippen molar-refractivity contribution in [3.05, 3.63) is 36.5 Å². The maximum Gasteiger partial charge on any atom is 0.472 e. The van der Waals surface area contributed by atoms with E-state index in [0.29, 0.717) is 17.4 Å². The average molecular weight is 757 g/mol. The highest BCUT2D eigenvalue weighted by molar-refractivity contribution is 7.47. The molecular weight excluding hydrogens is 677 g/mol. The van der Waals surface area contributed by atoms with E-state index in [1.165, 1.54) is 64.2 Å². The number of nitrogens with zero attached hydrogens (tertiary/aromatic N) is 1. The van der Waals surface area contributed by atoms with Crippen LogP contribution in [0.4, 0.5) is 0 Å². The van der Waals surface area contributed by atoms with Crippen LogP contribution in [0.1, 0.15) is 168 Å². The van der Waals surface area contributed by atoms with Crippen molar-refractivity contribution in [2.45, 2.75) is 174 Å². The highest BCUT2D eigenvalue weighted by Gasteiger charge is 2.27. The minimum Gasteiger partial charge on any atom is -0.462 e. The van der Waals surface area contributed by atoms with Gasteiger partial charge in [-0.25, -0.2) is 4.57 Å². The zero-order valence-electron chi connectivity index (χ0n) is 34.0. The lowest BCUT2D eigenvalue weighted by Crippen LogP contribution is -2.37. The lowest BCUT2D eigenvalue weighted by atomic mass is 10.0. The Morgan fingerprint density at radius 2 is 1.10 bits per heavy atom. The molecule has 0 amide bonds. The molecule has 0 radical (unpaired) electrons. The van der Waals surface area contributed by atoms with Crippen LogP contribution in [0.15, 0.2) is 36.5 Å². The van der Waals surface area contributed by atoms with Gasteiger partial charge in [0.25, 0.3) is 0 Å². The summed E-state index contributed by atoms with van der Waals surface area (Å²) in [5, 5.41) is 0. The van der Waals surface area contributed by atoms with E-state index >= 15 is 0 Å². The van der Waals surface area contributed by atoms with Crippen molar-refractivity contribution in [3.8, 4) is 0 Å². The first-order valence-electron chi connectivity index (χ1n) is 20.7. The summed E-state index contributed by atoms with van der Waals surface area (Å²) in [6.07, 6.45) is 37.6. The molecule has 0 aliphatic heterocycles. The number of esters is 2. The predicted octanol–water partition coefficient (Wildman–Crippen LogP) is 11.4. The molecule has 0 spiro atoms. The number of hydrogen-bond acceptors (Lipinski definition) is 7. The number of allylic oxidation sites excluding steroid dienone is 6. The van der Waals surface area contributed by atoms with Crippen molar-refractivity contribution in [2.24, 2.45) is 0 Å². The van der Waals surface area contributed by atoms with Crippen molar-refractivity contribution in [1.82, 2.24) is 0 Å². The van der Waals surface area contributed by atoms with Crippen LogP contribution in [-0.4, -0.2) is 74.9 Å². The van der Waals surface area contributed by atoms with E-state index in [0.717, 1.165) is 70.6 Å². The summed E-state index contributed by atoms with van der Waals surface area (Å²) in [6.45, 7) is 4.28. The Morgan fingerprint density at radius 3 is 1.63 bits per heavy atom. The van der Waals surface area contributed by atoms with Crippen LogP contribution in [-0.2, 0) is 32.7 Å². The minimum atomic E-state index is -4.37. The van der Waals surface area contributed by atoms with Crippen LogP contribution in [0, 0.1) is 0 Å². The van der Waals surface area contributed by atoms with Crippen molar-refractivity contribution < 1.29 is 42.1 Å². The van der Waals surface area contributed by atoms with E-state index in [1.54, 1.807) is 0 Å². The molecule has 52 heavy (non-hydrogen) atoms. The van der Waals surface area contributed by atoms with Gasteiger partial charge < -0.3 is 18.9 Å². The lowest BCUT2D eigenvalue weighted by Gasteiger charge is -2.24. The summed E-state index contributed by atoms with van der Waals surface area (Å²) in [7, 11) is 1.46. The molecule has 1 unspecified atom stereocenters. The normalized spacial score (nSPS) is 14.0. The summed E-state index contributed by atoms with van der Waals surface area (Å²) < 4.78 is 34.2. The monoisotopic (exact) mass is 757 g/mol. The standard InChI is InChI=1S/C42H78NO8P/c1-6-8-10-12-14-16-18-20-21-23-25-27-29-31-33-35-42(45)51-40(39-50-52(46,47)49-37-36-43(3,4)5)38-48-41(44)34-32-30-28-26-24-22-19-17-15-13-11-9-7-2/h8,10,14,16,20-21,40H,6-7,9,11-13,15,17-19,22-39H2,1-5H3/p+1/b10-8-,16-14-,21-20-/t40-/m1/s1. The summed E-state index contributed by atoms with van der Waals surface area (Å²) in [5.41, 5.74) is 0. The maximum absolute atomic E-state index is 12.6. The third-order valence-corrected chi connectivity index (χ3v) is 9.67. The SMILES string of the molecule is CC/C=C\C/C=C\C/C=C\CCCCCCCC(=O)O[C@H](COC(=O)CCCCCCCCCCCCCCC)COP(=O)(O)OCC[N+](C)(C)C. The molecule has 0 saturated carbocycles. The van der Waals surface area contributed by atoms with E-state index in [2.05, 4.69) is 50.3 Å². The van der Waals surface area contributed by atoms with Crippen LogP contribution in [0.3, 0.4) is 0 Å². The summed E-state index contributed by atoms with van der Waals surface area (Å²) in [4.78, 5) is 35.3. The summed E-state index contributed by atoms with van der Waals surface area (Å²) in [6, 6.07) is 0. The van der Waals surface area contributed by atoms with E-state index in [1.807, 2.05) is 21.1 Å². The number of carbonyl (C=O) groups is 2. The van der Waals surface area contributed by atoms with Gasteiger partial charge in [0.05, 0.1) is 27.7 Å². The molecule has 9 nitrogen and oxygen atoms in total. The highest BCUT2D eigenvalue weighted by atomic mass is 31.2. The van der Waals surface area contributed by atoms with Gasteiger partial charge in [0.1, 0.15) is 19.8 Å². The number of hydrogen-bond donors (Lipinski definition) is 1. The van der Waals surface area contributed by atoms with Crippen molar-refractivity contribution in [3.63, 3.8) is 0 Å². The number of likely N-dealkylation sites (N-methyl/N-ethyl adjacent to an activating group) is 1. The van der Waals surface area contributed by atoms with Crippen molar-refractivity contribution in [1.29, 1.82) is 0 Å². The predicted molar refractivity (Wildman–Crippen MR) is 215 cm³/mol. The zero-order valence-corrected chi connectivity index (χ0v) is 34.9. The van der Waals surface area contributed by atoms with Gasteiger partial charge in [0.15, 0.2) is 6.10 Å². The zero-order chi connectivity index (χ0) is 38.6. The molecule has 0 fully saturated rings. The second-order valence-electron chi connectivity index (χ2n) is 15.0. The number of phosphoric ester groups is 1. The maximum atomic E-state index is 12.6. The van der Waals surface area contributed by atoms with Gasteiger partial charge in [0, 0.05) is 12.8 Å². The third kappa shape index (κ3) is 38.0. The topological polar surface area (TPSA) is 108 Å². The molecule has 304 valence electrons. The van der Waals surface area contributed by atoms with Crippen LogP contribution in [0.2, 0.25) is 0 Å². The number of phosphoric acid groups is 1. The molecule has 0 aliphatic carbocycles. The molecule has 0 rings (SSSR count). The third-order valence-electron chi connectivity index (χ3n) is 8.68. The van der Waals surface area contributed by atoms with Crippen LogP contribution in [0.25, 0.3) is 0 Å². The molecule has 0 saturated heterocycles. The highest BCUT2D eigenvalue weighted by Crippen LogP contribution is 2.43. The number of rotatable bonds is 37. The Hall–Kier alpha value is -1.77. The van der Waals surface area contributed by atoms with Crippen molar-refractivity contribution in [2.75, 3.05) is 47.5 Å². The van der Waals surface area contributed by atoms with Gasteiger partial charge in [0.2, 0.25) is 0 Å². The Kier molecular flexibility index (Phi) is 33.8. The van der Waals surface area contributed by atoms with Crippen LogP contribution >= 0.6 is 7.82 Å². The number of quaternary nitrogens is 1.